The number of hydrogen-bond acceptors (Lipinski definition) is 2. The van der Waals surface area contributed by atoms with E-state index in [1.54, 1.807) is 0 Å². The molecule has 0 amide bonds. The molecule has 0 spiro atoms. The largest absolute Gasteiger partial charge is 0.480 e. The Morgan fingerprint density at radius 2 is 2.07 bits per heavy atom. The molecule has 0 aliphatic heterocycles. The van der Waals surface area contributed by atoms with Gasteiger partial charge in [-0.05, 0) is 45.2 Å². The number of rotatable bonds is 6. The highest BCUT2D eigenvalue weighted by Crippen LogP contribution is 2.43. The summed E-state index contributed by atoms with van der Waals surface area (Å²) < 4.78 is 0. The molecule has 1 saturated carbocycles. The molecule has 1 atom stereocenters. The molecule has 1 aliphatic carbocycles. The molecule has 0 aromatic rings. The second-order valence-corrected chi connectivity index (χ2v) is 4.31. The van der Waals surface area contributed by atoms with Gasteiger partial charge in [-0.2, -0.15) is 0 Å². The van der Waals surface area contributed by atoms with Crippen LogP contribution in [0.25, 0.3) is 0 Å². The molecule has 14 heavy (non-hydrogen) atoms. The van der Waals surface area contributed by atoms with Gasteiger partial charge in [-0.3, -0.25) is 9.69 Å². The maximum Gasteiger partial charge on any atom is 0.324 e. The molecule has 0 saturated heterocycles. The second kappa shape index (κ2) is 4.30. The predicted octanol–water partition coefficient (Wildman–Crippen LogP) is 1.97. The highest BCUT2D eigenvalue weighted by atomic mass is 16.4. The normalized spacial score (nSPS) is 20.9. The Balaban J connectivity index is 2.78. The van der Waals surface area contributed by atoms with Crippen molar-refractivity contribution in [2.24, 2.45) is 5.92 Å². The number of hydrogen-bond donors (Lipinski definition) is 1. The molecule has 0 radical (unpaired) electrons. The molecule has 3 heteroatoms. The minimum Gasteiger partial charge on any atom is -0.480 e. The lowest BCUT2D eigenvalue weighted by Gasteiger charge is -2.37. The molecule has 1 fully saturated rings. The molecule has 82 valence electrons. The number of carboxylic acids is 1. The molecule has 0 bridgehead atoms. The van der Waals surface area contributed by atoms with Crippen LogP contribution in [0.3, 0.4) is 0 Å². The van der Waals surface area contributed by atoms with E-state index in [4.69, 9.17) is 0 Å². The van der Waals surface area contributed by atoms with Gasteiger partial charge in [0.1, 0.15) is 5.54 Å². The molecule has 0 aromatic carbocycles. The third-order valence-corrected chi connectivity index (χ3v) is 3.34. The lowest BCUT2D eigenvalue weighted by molar-refractivity contribution is -0.152. The standard InChI is InChI=1S/C11H21NO2/c1-4-8-12(5-2)11(3,10(13)14)9-6-7-9/h9H,4-8H2,1-3H3,(H,13,14). The van der Waals surface area contributed by atoms with Crippen molar-refractivity contribution in [3.05, 3.63) is 0 Å². The Bertz CT molecular complexity index is 213. The summed E-state index contributed by atoms with van der Waals surface area (Å²) in [6, 6.07) is 0. The van der Waals surface area contributed by atoms with E-state index in [9.17, 15) is 9.90 Å². The van der Waals surface area contributed by atoms with Crippen LogP contribution in [0.5, 0.6) is 0 Å². The highest BCUT2D eigenvalue weighted by molar-refractivity contribution is 5.79. The van der Waals surface area contributed by atoms with Crippen molar-refractivity contribution in [2.75, 3.05) is 13.1 Å². The number of aliphatic carboxylic acids is 1. The van der Waals surface area contributed by atoms with E-state index in [-0.39, 0.29) is 0 Å². The average Bonchev–Trinajstić information content (AvgIpc) is 2.95. The first-order valence-electron chi connectivity index (χ1n) is 5.55. The van der Waals surface area contributed by atoms with E-state index in [1.165, 1.54) is 0 Å². The molecular formula is C11H21NO2. The average molecular weight is 199 g/mol. The number of likely N-dealkylation sites (N-methyl/N-ethyl adjacent to an activating group) is 1. The zero-order valence-electron chi connectivity index (χ0n) is 9.42. The third kappa shape index (κ3) is 1.92. The molecule has 3 nitrogen and oxygen atoms in total. The van der Waals surface area contributed by atoms with Crippen LogP contribution in [0.2, 0.25) is 0 Å². The summed E-state index contributed by atoms with van der Waals surface area (Å²) in [6.07, 6.45) is 3.16. The Kier molecular flexibility index (Phi) is 3.53. The first-order valence-corrected chi connectivity index (χ1v) is 5.55. The topological polar surface area (TPSA) is 40.5 Å². The summed E-state index contributed by atoms with van der Waals surface area (Å²) in [5, 5.41) is 9.33. The third-order valence-electron chi connectivity index (χ3n) is 3.34. The van der Waals surface area contributed by atoms with E-state index >= 15 is 0 Å². The zero-order valence-corrected chi connectivity index (χ0v) is 9.42. The fraction of sp³-hybridized carbons (Fsp3) is 0.909. The maximum absolute atomic E-state index is 11.3. The van der Waals surface area contributed by atoms with E-state index in [0.29, 0.717) is 5.92 Å². The van der Waals surface area contributed by atoms with Gasteiger partial charge < -0.3 is 5.11 Å². The van der Waals surface area contributed by atoms with Crippen LogP contribution in [-0.4, -0.2) is 34.6 Å². The van der Waals surface area contributed by atoms with Crippen LogP contribution >= 0.6 is 0 Å². The van der Waals surface area contributed by atoms with Crippen LogP contribution < -0.4 is 0 Å². The molecule has 1 aliphatic rings. The van der Waals surface area contributed by atoms with Gasteiger partial charge in [0.2, 0.25) is 0 Å². The molecule has 0 aromatic heterocycles. The number of nitrogens with zero attached hydrogens (tertiary/aromatic N) is 1. The van der Waals surface area contributed by atoms with Crippen molar-refractivity contribution < 1.29 is 9.90 Å². The van der Waals surface area contributed by atoms with Gasteiger partial charge in [-0.1, -0.05) is 13.8 Å². The van der Waals surface area contributed by atoms with Gasteiger partial charge in [-0.15, -0.1) is 0 Å². The van der Waals surface area contributed by atoms with E-state index < -0.39 is 11.5 Å². The quantitative estimate of drug-likeness (QED) is 0.711. The molecule has 1 N–H and O–H groups in total. The summed E-state index contributed by atoms with van der Waals surface area (Å²) in [5.41, 5.74) is -0.620. The Hall–Kier alpha value is -0.570. The minimum absolute atomic E-state index is 0.367. The lowest BCUT2D eigenvalue weighted by atomic mass is 9.93. The summed E-state index contributed by atoms with van der Waals surface area (Å²) >= 11 is 0. The van der Waals surface area contributed by atoms with Gasteiger partial charge in [0, 0.05) is 0 Å². The Morgan fingerprint density at radius 3 is 2.36 bits per heavy atom. The van der Waals surface area contributed by atoms with Crippen LogP contribution in [0.15, 0.2) is 0 Å². The zero-order chi connectivity index (χ0) is 10.8. The van der Waals surface area contributed by atoms with Gasteiger partial charge in [0.05, 0.1) is 0 Å². The lowest BCUT2D eigenvalue weighted by Crippen LogP contribution is -2.54. The number of carboxylic acid groups (broad SMARTS) is 1. The van der Waals surface area contributed by atoms with Gasteiger partial charge in [0.25, 0.3) is 0 Å². The van der Waals surface area contributed by atoms with Crippen LogP contribution in [0.4, 0.5) is 0 Å². The van der Waals surface area contributed by atoms with Crippen molar-refractivity contribution in [3.8, 4) is 0 Å². The van der Waals surface area contributed by atoms with Gasteiger partial charge >= 0.3 is 5.97 Å². The van der Waals surface area contributed by atoms with Crippen LogP contribution in [-0.2, 0) is 4.79 Å². The molecule has 0 heterocycles. The fourth-order valence-corrected chi connectivity index (χ4v) is 2.20. The first-order chi connectivity index (χ1) is 6.57. The summed E-state index contributed by atoms with van der Waals surface area (Å²) in [4.78, 5) is 13.4. The smallest absolute Gasteiger partial charge is 0.324 e. The van der Waals surface area contributed by atoms with Gasteiger partial charge in [-0.25, -0.2) is 0 Å². The fourth-order valence-electron chi connectivity index (χ4n) is 2.20. The molecular weight excluding hydrogens is 178 g/mol. The minimum atomic E-state index is -0.657. The van der Waals surface area contributed by atoms with Crippen molar-refractivity contribution in [2.45, 2.75) is 45.6 Å². The first kappa shape index (κ1) is 11.5. The summed E-state index contributed by atoms with van der Waals surface area (Å²) in [6.45, 7) is 7.73. The van der Waals surface area contributed by atoms with Crippen molar-refractivity contribution in [3.63, 3.8) is 0 Å². The molecule has 1 rings (SSSR count). The monoisotopic (exact) mass is 199 g/mol. The SMILES string of the molecule is CCCN(CC)C(C)(C(=O)O)C1CC1. The van der Waals surface area contributed by atoms with Crippen LogP contribution in [0.1, 0.15) is 40.0 Å². The number of carbonyl (C=O) groups is 1. The second-order valence-electron chi connectivity index (χ2n) is 4.31. The van der Waals surface area contributed by atoms with E-state index in [1.807, 2.05) is 13.8 Å². The van der Waals surface area contributed by atoms with Crippen LogP contribution in [0, 0.1) is 5.92 Å². The van der Waals surface area contributed by atoms with Crippen molar-refractivity contribution >= 4 is 5.97 Å². The van der Waals surface area contributed by atoms with E-state index in [2.05, 4.69) is 11.8 Å². The van der Waals surface area contributed by atoms with Crippen molar-refractivity contribution in [1.29, 1.82) is 0 Å². The van der Waals surface area contributed by atoms with Gasteiger partial charge in [0.15, 0.2) is 0 Å². The maximum atomic E-state index is 11.3. The molecule has 1 unspecified atom stereocenters. The Morgan fingerprint density at radius 1 is 1.50 bits per heavy atom. The van der Waals surface area contributed by atoms with Crippen molar-refractivity contribution in [1.82, 2.24) is 4.90 Å². The summed E-state index contributed by atoms with van der Waals surface area (Å²) in [7, 11) is 0. The highest BCUT2D eigenvalue weighted by Gasteiger charge is 2.50. The Labute approximate surface area is 86.1 Å². The van der Waals surface area contributed by atoms with E-state index in [0.717, 1.165) is 32.4 Å². The predicted molar refractivity (Wildman–Crippen MR) is 56.3 cm³/mol. The summed E-state index contributed by atoms with van der Waals surface area (Å²) in [5.74, 6) is -0.290.